The van der Waals surface area contributed by atoms with E-state index in [-0.39, 0.29) is 6.03 Å². The van der Waals surface area contributed by atoms with E-state index in [1.54, 1.807) is 0 Å². The summed E-state index contributed by atoms with van der Waals surface area (Å²) in [4.78, 5) is 13.7. The Bertz CT molecular complexity index is 337. The molecule has 2 amide bonds. The molecule has 3 nitrogen and oxygen atoms in total. The van der Waals surface area contributed by atoms with Gasteiger partial charge >= 0.3 is 6.03 Å². The van der Waals surface area contributed by atoms with E-state index < -0.39 is 0 Å². The van der Waals surface area contributed by atoms with Crippen molar-refractivity contribution in [2.75, 3.05) is 11.9 Å². The normalized spacial score (nSPS) is 20.3. The van der Waals surface area contributed by atoms with Gasteiger partial charge in [0, 0.05) is 18.3 Å². The van der Waals surface area contributed by atoms with Crippen molar-refractivity contribution in [3.63, 3.8) is 0 Å². The molecule has 0 spiro atoms. The third-order valence-corrected chi connectivity index (χ3v) is 2.84. The lowest BCUT2D eigenvalue weighted by Crippen LogP contribution is -2.37. The molecule has 0 unspecified atom stereocenters. The van der Waals surface area contributed by atoms with E-state index in [0.717, 1.165) is 25.1 Å². The number of carbonyl (C=O) groups is 1. The van der Waals surface area contributed by atoms with Crippen molar-refractivity contribution in [3.8, 4) is 0 Å². The van der Waals surface area contributed by atoms with E-state index in [1.807, 2.05) is 35.2 Å². The second-order valence-electron chi connectivity index (χ2n) is 3.98. The first-order valence-electron chi connectivity index (χ1n) is 5.40. The van der Waals surface area contributed by atoms with E-state index in [0.29, 0.717) is 6.04 Å². The minimum Gasteiger partial charge on any atom is -0.322 e. The average molecular weight is 204 g/mol. The standard InChI is InChI=1S/C12H16N2O/c1-10-6-5-9-14(10)12(15)13-11-7-3-2-4-8-11/h2-4,7-8,10H,5-6,9H2,1H3,(H,13,15)/t10-/m1/s1. The number of amides is 2. The van der Waals surface area contributed by atoms with Crippen molar-refractivity contribution in [1.82, 2.24) is 4.90 Å². The number of carbonyl (C=O) groups excluding carboxylic acids is 1. The monoisotopic (exact) mass is 204 g/mol. The topological polar surface area (TPSA) is 32.3 Å². The molecule has 80 valence electrons. The highest BCUT2D eigenvalue weighted by Gasteiger charge is 2.24. The molecule has 0 aromatic heterocycles. The van der Waals surface area contributed by atoms with Gasteiger partial charge < -0.3 is 10.2 Å². The number of urea groups is 1. The van der Waals surface area contributed by atoms with E-state index in [4.69, 9.17) is 0 Å². The quantitative estimate of drug-likeness (QED) is 0.749. The van der Waals surface area contributed by atoms with E-state index in [1.165, 1.54) is 0 Å². The third-order valence-electron chi connectivity index (χ3n) is 2.84. The SMILES string of the molecule is C[C@@H]1CCCN1C(=O)Nc1ccccc1. The fourth-order valence-corrected chi connectivity index (χ4v) is 1.95. The van der Waals surface area contributed by atoms with E-state index >= 15 is 0 Å². The highest BCUT2D eigenvalue weighted by molar-refractivity contribution is 5.89. The van der Waals surface area contributed by atoms with Crippen molar-refractivity contribution < 1.29 is 4.79 Å². The number of rotatable bonds is 1. The second kappa shape index (κ2) is 4.34. The Morgan fingerprint density at radius 3 is 2.73 bits per heavy atom. The third kappa shape index (κ3) is 2.29. The molecule has 0 saturated carbocycles. The van der Waals surface area contributed by atoms with Crippen LogP contribution in [0.2, 0.25) is 0 Å². The molecule has 1 aromatic rings. The summed E-state index contributed by atoms with van der Waals surface area (Å²) in [6, 6.07) is 9.97. The zero-order valence-electron chi connectivity index (χ0n) is 8.94. The molecule has 2 rings (SSSR count). The van der Waals surface area contributed by atoms with Gasteiger partial charge in [-0.15, -0.1) is 0 Å². The van der Waals surface area contributed by atoms with Crippen LogP contribution in [0.15, 0.2) is 30.3 Å². The van der Waals surface area contributed by atoms with Crippen LogP contribution in [-0.4, -0.2) is 23.5 Å². The van der Waals surface area contributed by atoms with Crippen molar-refractivity contribution in [2.45, 2.75) is 25.8 Å². The first-order chi connectivity index (χ1) is 7.27. The van der Waals surface area contributed by atoms with Gasteiger partial charge in [0.1, 0.15) is 0 Å². The second-order valence-corrected chi connectivity index (χ2v) is 3.98. The van der Waals surface area contributed by atoms with Crippen LogP contribution in [0.1, 0.15) is 19.8 Å². The van der Waals surface area contributed by atoms with Gasteiger partial charge in [-0.3, -0.25) is 0 Å². The van der Waals surface area contributed by atoms with Crippen LogP contribution < -0.4 is 5.32 Å². The zero-order chi connectivity index (χ0) is 10.7. The van der Waals surface area contributed by atoms with Crippen LogP contribution >= 0.6 is 0 Å². The van der Waals surface area contributed by atoms with Crippen molar-refractivity contribution in [1.29, 1.82) is 0 Å². The summed E-state index contributed by atoms with van der Waals surface area (Å²) in [6.07, 6.45) is 2.23. The molecule has 1 aliphatic heterocycles. The largest absolute Gasteiger partial charge is 0.322 e. The van der Waals surface area contributed by atoms with Gasteiger partial charge in [0.25, 0.3) is 0 Å². The summed E-state index contributed by atoms with van der Waals surface area (Å²) < 4.78 is 0. The Balaban J connectivity index is 1.98. The number of likely N-dealkylation sites (tertiary alicyclic amines) is 1. The van der Waals surface area contributed by atoms with Crippen LogP contribution in [-0.2, 0) is 0 Å². The first kappa shape index (κ1) is 10.0. The summed E-state index contributed by atoms with van der Waals surface area (Å²) >= 11 is 0. The molecule has 0 bridgehead atoms. The molecular weight excluding hydrogens is 188 g/mol. The van der Waals surface area contributed by atoms with Crippen LogP contribution in [0.3, 0.4) is 0 Å². The zero-order valence-corrected chi connectivity index (χ0v) is 8.94. The molecule has 3 heteroatoms. The van der Waals surface area contributed by atoms with E-state index in [2.05, 4.69) is 12.2 Å². The summed E-state index contributed by atoms with van der Waals surface area (Å²) in [5, 5.41) is 2.90. The predicted octanol–water partition coefficient (Wildman–Crippen LogP) is 2.70. The summed E-state index contributed by atoms with van der Waals surface area (Å²) in [6.45, 7) is 2.97. The highest BCUT2D eigenvalue weighted by atomic mass is 16.2. The molecule has 1 saturated heterocycles. The number of nitrogens with zero attached hydrogens (tertiary/aromatic N) is 1. The minimum atomic E-state index is 0.0196. The van der Waals surface area contributed by atoms with Gasteiger partial charge in [-0.05, 0) is 31.9 Å². The predicted molar refractivity (Wildman–Crippen MR) is 60.9 cm³/mol. The molecule has 1 fully saturated rings. The molecule has 1 heterocycles. The molecule has 0 radical (unpaired) electrons. The van der Waals surface area contributed by atoms with Gasteiger partial charge in [-0.2, -0.15) is 0 Å². The fourth-order valence-electron chi connectivity index (χ4n) is 1.95. The van der Waals surface area contributed by atoms with Gasteiger partial charge in [-0.1, -0.05) is 18.2 Å². The number of hydrogen-bond donors (Lipinski definition) is 1. The Hall–Kier alpha value is -1.51. The van der Waals surface area contributed by atoms with Crippen molar-refractivity contribution in [3.05, 3.63) is 30.3 Å². The maximum Gasteiger partial charge on any atom is 0.322 e. The van der Waals surface area contributed by atoms with Crippen molar-refractivity contribution in [2.24, 2.45) is 0 Å². The van der Waals surface area contributed by atoms with Crippen LogP contribution in [0.4, 0.5) is 10.5 Å². The summed E-state index contributed by atoms with van der Waals surface area (Å²) in [7, 11) is 0. The average Bonchev–Trinajstić information content (AvgIpc) is 2.66. The molecule has 1 N–H and O–H groups in total. The Morgan fingerprint density at radius 2 is 2.13 bits per heavy atom. The van der Waals surface area contributed by atoms with Crippen molar-refractivity contribution >= 4 is 11.7 Å². The van der Waals surface area contributed by atoms with Gasteiger partial charge in [0.2, 0.25) is 0 Å². The Morgan fingerprint density at radius 1 is 1.40 bits per heavy atom. The summed E-state index contributed by atoms with van der Waals surface area (Å²) in [5.41, 5.74) is 0.863. The first-order valence-corrected chi connectivity index (χ1v) is 5.40. The smallest absolute Gasteiger partial charge is 0.322 e. The maximum atomic E-state index is 11.8. The fraction of sp³-hybridized carbons (Fsp3) is 0.417. The summed E-state index contributed by atoms with van der Waals surface area (Å²) in [5.74, 6) is 0. The van der Waals surface area contributed by atoms with Gasteiger partial charge in [-0.25, -0.2) is 4.79 Å². The molecule has 1 aliphatic rings. The lowest BCUT2D eigenvalue weighted by Gasteiger charge is -2.21. The van der Waals surface area contributed by atoms with Crippen LogP contribution in [0.25, 0.3) is 0 Å². The number of nitrogens with one attached hydrogen (secondary N) is 1. The number of hydrogen-bond acceptors (Lipinski definition) is 1. The van der Waals surface area contributed by atoms with Crippen LogP contribution in [0.5, 0.6) is 0 Å². The number of para-hydroxylation sites is 1. The molecule has 15 heavy (non-hydrogen) atoms. The molecule has 0 aliphatic carbocycles. The van der Waals surface area contributed by atoms with E-state index in [9.17, 15) is 4.79 Å². The Labute approximate surface area is 90.1 Å². The Kier molecular flexibility index (Phi) is 2.90. The molecule has 1 aromatic carbocycles. The lowest BCUT2D eigenvalue weighted by atomic mass is 10.2. The number of anilines is 1. The van der Waals surface area contributed by atoms with Crippen LogP contribution in [0, 0.1) is 0 Å². The highest BCUT2D eigenvalue weighted by Crippen LogP contribution is 2.17. The number of benzene rings is 1. The minimum absolute atomic E-state index is 0.0196. The lowest BCUT2D eigenvalue weighted by molar-refractivity contribution is 0.210. The van der Waals surface area contributed by atoms with Gasteiger partial charge in [0.15, 0.2) is 0 Å². The maximum absolute atomic E-state index is 11.8. The molecular formula is C12H16N2O. The van der Waals surface area contributed by atoms with Gasteiger partial charge in [0.05, 0.1) is 0 Å². The molecule has 1 atom stereocenters.